The van der Waals surface area contributed by atoms with Crippen LogP contribution in [0.25, 0.3) is 27.2 Å². The number of hydrogen-bond donors (Lipinski definition) is 1. The van der Waals surface area contributed by atoms with Crippen LogP contribution in [0.3, 0.4) is 0 Å². The highest BCUT2D eigenvalue weighted by Gasteiger charge is 2.20. The van der Waals surface area contributed by atoms with Crippen LogP contribution < -0.4 is 10.1 Å². The number of thiazole rings is 1. The normalized spacial score (nSPS) is 10.9. The molecule has 0 aliphatic rings. The van der Waals surface area contributed by atoms with Gasteiger partial charge in [0.15, 0.2) is 5.13 Å². The van der Waals surface area contributed by atoms with E-state index in [1.54, 1.807) is 30.1 Å². The van der Waals surface area contributed by atoms with Gasteiger partial charge in [0.05, 0.1) is 28.6 Å². The minimum absolute atomic E-state index is 0.289. The third-order valence-electron chi connectivity index (χ3n) is 4.91. The van der Waals surface area contributed by atoms with E-state index in [4.69, 9.17) is 16.3 Å². The number of nitrogens with one attached hydrogen (secondary N) is 1. The summed E-state index contributed by atoms with van der Waals surface area (Å²) in [6.07, 6.45) is 1.73. The van der Waals surface area contributed by atoms with Crippen molar-refractivity contribution in [3.8, 4) is 22.7 Å². The quantitative estimate of drug-likeness (QED) is 0.346. The first-order chi connectivity index (χ1) is 15.6. The molecule has 0 unspecified atom stereocenters. The lowest BCUT2D eigenvalue weighted by atomic mass is 10.1. The van der Waals surface area contributed by atoms with Crippen LogP contribution in [0.2, 0.25) is 5.02 Å². The second-order valence-corrected chi connectivity index (χ2v) is 8.45. The van der Waals surface area contributed by atoms with Crippen molar-refractivity contribution < 1.29 is 9.53 Å². The number of amides is 1. The third-order valence-corrected chi connectivity index (χ3v) is 6.10. The maximum absolute atomic E-state index is 13.3. The fraction of sp³-hybridized carbons (Fsp3) is 0.0417. The third kappa shape index (κ3) is 3.95. The highest BCUT2D eigenvalue weighted by molar-refractivity contribution is 7.22. The molecule has 158 valence electrons. The van der Waals surface area contributed by atoms with Crippen molar-refractivity contribution >= 4 is 44.2 Å². The molecule has 8 heteroatoms. The van der Waals surface area contributed by atoms with Gasteiger partial charge in [0, 0.05) is 16.8 Å². The van der Waals surface area contributed by atoms with E-state index >= 15 is 0 Å². The van der Waals surface area contributed by atoms with E-state index in [0.717, 1.165) is 27.2 Å². The number of halogens is 1. The summed E-state index contributed by atoms with van der Waals surface area (Å²) in [4.78, 5) is 17.8. The number of para-hydroxylation sites is 1. The maximum Gasteiger partial charge on any atom is 0.261 e. The number of carbonyl (C=O) groups excluding carboxylic acids is 1. The highest BCUT2D eigenvalue weighted by Crippen LogP contribution is 2.31. The van der Waals surface area contributed by atoms with Crippen molar-refractivity contribution in [1.82, 2.24) is 14.8 Å². The summed E-state index contributed by atoms with van der Waals surface area (Å²) < 4.78 is 7.90. The Morgan fingerprint density at radius 3 is 2.59 bits per heavy atom. The highest BCUT2D eigenvalue weighted by atomic mass is 35.5. The number of rotatable bonds is 5. The molecular weight excluding hydrogens is 444 g/mol. The second kappa shape index (κ2) is 8.45. The number of benzene rings is 3. The van der Waals surface area contributed by atoms with Crippen LogP contribution >= 0.6 is 22.9 Å². The molecule has 6 nitrogen and oxygen atoms in total. The number of aromatic nitrogens is 3. The van der Waals surface area contributed by atoms with Crippen molar-refractivity contribution in [3.05, 3.63) is 89.6 Å². The molecule has 0 atom stereocenters. The van der Waals surface area contributed by atoms with Gasteiger partial charge in [-0.3, -0.25) is 10.1 Å². The molecular formula is C24H17ClN4O2S. The van der Waals surface area contributed by atoms with Crippen LogP contribution in [-0.2, 0) is 0 Å². The molecule has 2 aromatic heterocycles. The molecule has 32 heavy (non-hydrogen) atoms. The molecule has 0 fully saturated rings. The average molecular weight is 461 g/mol. The van der Waals surface area contributed by atoms with Gasteiger partial charge in [-0.05, 0) is 42.5 Å². The predicted molar refractivity (Wildman–Crippen MR) is 128 cm³/mol. The van der Waals surface area contributed by atoms with Gasteiger partial charge in [0.2, 0.25) is 0 Å². The smallest absolute Gasteiger partial charge is 0.261 e. The largest absolute Gasteiger partial charge is 0.497 e. The molecule has 0 radical (unpaired) electrons. The summed E-state index contributed by atoms with van der Waals surface area (Å²) in [5, 5.41) is 8.73. The van der Waals surface area contributed by atoms with E-state index in [1.165, 1.54) is 11.3 Å². The van der Waals surface area contributed by atoms with Crippen LogP contribution in [-0.4, -0.2) is 27.8 Å². The zero-order valence-electron chi connectivity index (χ0n) is 16.9. The van der Waals surface area contributed by atoms with Gasteiger partial charge in [-0.25, -0.2) is 9.67 Å². The SMILES string of the molecule is COc1ccc2nc(NC(=O)c3cn(-c4ccccc4)nc3-c3ccc(Cl)cc3)sc2c1. The van der Waals surface area contributed by atoms with Gasteiger partial charge in [-0.1, -0.05) is 53.3 Å². The summed E-state index contributed by atoms with van der Waals surface area (Å²) in [5.74, 6) is 0.455. The first kappa shape index (κ1) is 20.2. The molecule has 0 aliphatic heterocycles. The molecule has 0 saturated heterocycles. The maximum atomic E-state index is 13.3. The van der Waals surface area contributed by atoms with E-state index < -0.39 is 0 Å². The van der Waals surface area contributed by atoms with Gasteiger partial charge >= 0.3 is 0 Å². The number of anilines is 1. The van der Waals surface area contributed by atoms with Gasteiger partial charge in [-0.15, -0.1) is 0 Å². The number of carbonyl (C=O) groups is 1. The number of fused-ring (bicyclic) bond motifs is 1. The summed E-state index contributed by atoms with van der Waals surface area (Å²) in [6.45, 7) is 0. The zero-order valence-corrected chi connectivity index (χ0v) is 18.5. The lowest BCUT2D eigenvalue weighted by Gasteiger charge is -2.03. The Labute approximate surface area is 193 Å². The Balaban J connectivity index is 1.53. The Morgan fingerprint density at radius 2 is 1.84 bits per heavy atom. The van der Waals surface area contributed by atoms with Crippen molar-refractivity contribution in [2.75, 3.05) is 12.4 Å². The fourth-order valence-electron chi connectivity index (χ4n) is 3.32. The Hall–Kier alpha value is -3.68. The predicted octanol–water partition coefficient (Wildman–Crippen LogP) is 6.06. The van der Waals surface area contributed by atoms with Crippen LogP contribution in [0.15, 0.2) is 79.0 Å². The molecule has 0 saturated carbocycles. The van der Waals surface area contributed by atoms with E-state index in [0.29, 0.717) is 21.4 Å². The molecule has 5 rings (SSSR count). The number of methoxy groups -OCH3 is 1. The molecule has 0 aliphatic carbocycles. The van der Waals surface area contributed by atoms with E-state index in [-0.39, 0.29) is 5.91 Å². The lowest BCUT2D eigenvalue weighted by molar-refractivity contribution is 0.102. The second-order valence-electron chi connectivity index (χ2n) is 6.99. The monoisotopic (exact) mass is 460 g/mol. The van der Waals surface area contributed by atoms with Crippen molar-refractivity contribution in [1.29, 1.82) is 0 Å². The van der Waals surface area contributed by atoms with Gasteiger partial charge in [0.1, 0.15) is 11.4 Å². The van der Waals surface area contributed by atoms with E-state index in [9.17, 15) is 4.79 Å². The summed E-state index contributed by atoms with van der Waals surface area (Å²) >= 11 is 7.44. The lowest BCUT2D eigenvalue weighted by Crippen LogP contribution is -2.12. The Bertz CT molecular complexity index is 1410. The number of hydrogen-bond acceptors (Lipinski definition) is 5. The first-order valence-electron chi connectivity index (χ1n) is 9.78. The standard InChI is InChI=1S/C24H17ClN4O2S/c1-31-18-11-12-20-21(13-18)32-24(26-20)27-23(30)19-14-29(17-5-3-2-4-6-17)28-22(19)15-7-9-16(25)10-8-15/h2-14H,1H3,(H,26,27,30). The molecule has 5 aromatic rings. The van der Waals surface area contributed by atoms with Crippen LogP contribution in [0.5, 0.6) is 5.75 Å². The zero-order chi connectivity index (χ0) is 22.1. The number of nitrogens with zero attached hydrogens (tertiary/aromatic N) is 3. The van der Waals surface area contributed by atoms with E-state index in [1.807, 2.05) is 60.7 Å². The first-order valence-corrected chi connectivity index (χ1v) is 11.0. The molecule has 2 heterocycles. The van der Waals surface area contributed by atoms with Crippen LogP contribution in [0, 0.1) is 0 Å². The van der Waals surface area contributed by atoms with Crippen molar-refractivity contribution in [2.24, 2.45) is 0 Å². The van der Waals surface area contributed by atoms with Gasteiger partial charge in [-0.2, -0.15) is 5.10 Å². The van der Waals surface area contributed by atoms with Crippen LogP contribution in [0.1, 0.15) is 10.4 Å². The molecule has 0 bridgehead atoms. The Morgan fingerprint density at radius 1 is 1.06 bits per heavy atom. The average Bonchev–Trinajstić information content (AvgIpc) is 3.44. The van der Waals surface area contributed by atoms with Crippen LogP contribution in [0.4, 0.5) is 5.13 Å². The van der Waals surface area contributed by atoms with Crippen molar-refractivity contribution in [3.63, 3.8) is 0 Å². The molecule has 1 N–H and O–H groups in total. The summed E-state index contributed by atoms with van der Waals surface area (Å²) in [6, 6.07) is 22.5. The summed E-state index contributed by atoms with van der Waals surface area (Å²) in [5.41, 5.74) is 3.44. The van der Waals surface area contributed by atoms with Gasteiger partial charge < -0.3 is 4.74 Å². The molecule has 1 amide bonds. The minimum Gasteiger partial charge on any atom is -0.497 e. The van der Waals surface area contributed by atoms with E-state index in [2.05, 4.69) is 15.4 Å². The van der Waals surface area contributed by atoms with Crippen molar-refractivity contribution in [2.45, 2.75) is 0 Å². The topological polar surface area (TPSA) is 69.0 Å². The number of ether oxygens (including phenoxy) is 1. The fourth-order valence-corrected chi connectivity index (χ4v) is 4.34. The minimum atomic E-state index is -0.289. The Kier molecular flexibility index (Phi) is 5.34. The van der Waals surface area contributed by atoms with Gasteiger partial charge in [0.25, 0.3) is 5.91 Å². The molecule has 0 spiro atoms. The molecule has 3 aromatic carbocycles. The summed E-state index contributed by atoms with van der Waals surface area (Å²) in [7, 11) is 1.62.